The monoisotopic (exact) mass is 382 g/mol. The number of Topliss-reactive ketones (excluding diaryl/α,β-unsaturated/α-hetero) is 1. The first-order valence-corrected chi connectivity index (χ1v) is 9.36. The quantitative estimate of drug-likeness (QED) is 0.567. The minimum Gasteiger partial charge on any atom is -0.463 e. The van der Waals surface area contributed by atoms with Gasteiger partial charge in [-0.3, -0.25) is 14.4 Å². The van der Waals surface area contributed by atoms with Crippen LogP contribution in [0.15, 0.2) is 60.7 Å². The van der Waals surface area contributed by atoms with Crippen LogP contribution in [0.2, 0.25) is 0 Å². The van der Waals surface area contributed by atoms with E-state index in [2.05, 4.69) is 15.4 Å². The molecule has 1 amide bonds. The molecule has 1 aliphatic rings. The molecule has 0 radical (unpaired) electrons. The molecule has 0 unspecified atom stereocenters. The van der Waals surface area contributed by atoms with Gasteiger partial charge in [-0.05, 0) is 31.5 Å². The molecule has 2 N–H and O–H groups in total. The molecule has 3 rings (SSSR count). The molecule has 0 saturated carbocycles. The van der Waals surface area contributed by atoms with Crippen molar-refractivity contribution in [1.29, 1.82) is 0 Å². The van der Waals surface area contributed by atoms with Crippen LogP contribution in [0, 0.1) is 5.92 Å². The van der Waals surface area contributed by atoms with Gasteiger partial charge >= 0.3 is 0 Å². The van der Waals surface area contributed by atoms with Crippen LogP contribution in [0.3, 0.4) is 0 Å². The Bertz CT molecular complexity index is 729. The van der Waals surface area contributed by atoms with Crippen molar-refractivity contribution in [2.24, 2.45) is 5.92 Å². The number of benzene rings is 2. The van der Waals surface area contributed by atoms with Crippen LogP contribution in [-0.2, 0) is 20.9 Å². The van der Waals surface area contributed by atoms with E-state index in [1.54, 1.807) is 12.1 Å². The minimum atomic E-state index is -0.0436. The van der Waals surface area contributed by atoms with Gasteiger partial charge in [-0.1, -0.05) is 60.7 Å². The average Bonchev–Trinajstić information content (AvgIpc) is 2.78. The van der Waals surface area contributed by atoms with Gasteiger partial charge in [0.1, 0.15) is 6.61 Å². The minimum absolute atomic E-state index is 0.000723. The van der Waals surface area contributed by atoms with E-state index in [4.69, 9.17) is 0 Å². The number of carbonyl (C=O) groups is 3. The fourth-order valence-corrected chi connectivity index (χ4v) is 2.83. The first kappa shape index (κ1) is 21.3. The second-order valence-electron chi connectivity index (χ2n) is 6.42. The molecule has 6 nitrogen and oxygen atoms in total. The van der Waals surface area contributed by atoms with Crippen molar-refractivity contribution in [2.75, 3.05) is 19.6 Å². The second kappa shape index (κ2) is 12.4. The topological polar surface area (TPSA) is 84.5 Å². The summed E-state index contributed by atoms with van der Waals surface area (Å²) in [6, 6.07) is 18.6. The van der Waals surface area contributed by atoms with Gasteiger partial charge < -0.3 is 15.4 Å². The van der Waals surface area contributed by atoms with Crippen molar-refractivity contribution < 1.29 is 19.1 Å². The third-order valence-corrected chi connectivity index (χ3v) is 4.39. The molecule has 28 heavy (non-hydrogen) atoms. The summed E-state index contributed by atoms with van der Waals surface area (Å²) in [4.78, 5) is 33.4. The molecule has 2 aromatic carbocycles. The van der Waals surface area contributed by atoms with Crippen molar-refractivity contribution in [3.05, 3.63) is 71.8 Å². The number of ether oxygens (including phenoxy) is 1. The smallest absolute Gasteiger partial charge is 0.293 e. The van der Waals surface area contributed by atoms with Crippen LogP contribution in [0.5, 0.6) is 0 Å². The molecule has 148 valence electrons. The Kier molecular flexibility index (Phi) is 9.44. The number of ketones is 1. The fraction of sp³-hybridized carbons (Fsp3) is 0.318. The highest BCUT2D eigenvalue weighted by Crippen LogP contribution is 2.11. The molecule has 0 aromatic heterocycles. The van der Waals surface area contributed by atoms with Crippen LogP contribution >= 0.6 is 0 Å². The average molecular weight is 382 g/mol. The van der Waals surface area contributed by atoms with Gasteiger partial charge in [0.25, 0.3) is 6.47 Å². The Labute approximate surface area is 165 Å². The van der Waals surface area contributed by atoms with E-state index < -0.39 is 0 Å². The molecule has 2 aromatic rings. The van der Waals surface area contributed by atoms with Gasteiger partial charge in [0, 0.05) is 11.5 Å². The third-order valence-electron chi connectivity index (χ3n) is 4.39. The molecule has 1 saturated heterocycles. The summed E-state index contributed by atoms with van der Waals surface area (Å²) in [5, 5.41) is 5.95. The lowest BCUT2D eigenvalue weighted by Gasteiger charge is -2.21. The molecular weight excluding hydrogens is 356 g/mol. The van der Waals surface area contributed by atoms with Gasteiger partial charge in [-0.25, -0.2) is 0 Å². The molecule has 0 spiro atoms. The molecule has 1 fully saturated rings. The molecule has 6 heteroatoms. The van der Waals surface area contributed by atoms with Crippen LogP contribution in [0.4, 0.5) is 0 Å². The standard InChI is InChI=1S/C14H18N2O2.C8H8O2/c17-13(11-4-2-1-3-5-11)10-16-14(18)12-6-8-15-9-7-12;9-7-10-6-8-4-2-1-3-5-8/h1-5,12,15H,6-10H2,(H,16,18);1-5,7H,6H2. The Hall–Kier alpha value is -2.99. The number of amides is 1. The van der Waals surface area contributed by atoms with E-state index >= 15 is 0 Å². The summed E-state index contributed by atoms with van der Waals surface area (Å²) in [6.45, 7) is 2.67. The van der Waals surface area contributed by atoms with Gasteiger partial charge in [0.05, 0.1) is 6.54 Å². The largest absolute Gasteiger partial charge is 0.463 e. The first-order chi connectivity index (χ1) is 13.7. The van der Waals surface area contributed by atoms with E-state index in [9.17, 15) is 14.4 Å². The van der Waals surface area contributed by atoms with Gasteiger partial charge in [0.2, 0.25) is 5.91 Å². The Morgan fingerprint density at radius 1 is 1.00 bits per heavy atom. The van der Waals surface area contributed by atoms with Crippen LogP contribution in [0.25, 0.3) is 0 Å². The number of hydrogen-bond donors (Lipinski definition) is 2. The maximum absolute atomic E-state index is 11.8. The predicted octanol–water partition coefficient (Wildman–Crippen LogP) is 2.34. The zero-order chi connectivity index (χ0) is 20.0. The highest BCUT2D eigenvalue weighted by atomic mass is 16.5. The maximum atomic E-state index is 11.8. The van der Waals surface area contributed by atoms with E-state index in [1.165, 1.54) is 0 Å². The number of hydrogen-bond acceptors (Lipinski definition) is 5. The summed E-state index contributed by atoms with van der Waals surface area (Å²) in [5.41, 5.74) is 1.65. The normalized spacial score (nSPS) is 13.6. The summed E-state index contributed by atoms with van der Waals surface area (Å²) >= 11 is 0. The number of nitrogens with one attached hydrogen (secondary N) is 2. The lowest BCUT2D eigenvalue weighted by molar-refractivity contribution is -0.129. The van der Waals surface area contributed by atoms with E-state index in [1.807, 2.05) is 48.5 Å². The molecule has 1 aliphatic heterocycles. The molecule has 0 aliphatic carbocycles. The number of piperidine rings is 1. The number of rotatable bonds is 7. The highest BCUT2D eigenvalue weighted by molar-refractivity contribution is 5.99. The van der Waals surface area contributed by atoms with Gasteiger partial charge in [0.15, 0.2) is 5.78 Å². The summed E-state index contributed by atoms with van der Waals surface area (Å²) in [6.07, 6.45) is 1.71. The Balaban J connectivity index is 0.000000237. The number of carbonyl (C=O) groups excluding carboxylic acids is 3. The van der Waals surface area contributed by atoms with Crippen LogP contribution in [-0.4, -0.2) is 37.8 Å². The van der Waals surface area contributed by atoms with E-state index in [-0.39, 0.29) is 24.2 Å². The summed E-state index contributed by atoms with van der Waals surface area (Å²) < 4.78 is 4.54. The van der Waals surface area contributed by atoms with Crippen molar-refractivity contribution in [2.45, 2.75) is 19.4 Å². The fourth-order valence-electron chi connectivity index (χ4n) is 2.83. The molecule has 0 atom stereocenters. The molecule has 0 bridgehead atoms. The van der Waals surface area contributed by atoms with E-state index in [0.717, 1.165) is 31.5 Å². The molecular formula is C22H26N2O4. The summed E-state index contributed by atoms with van der Waals surface area (Å²) in [7, 11) is 0. The highest BCUT2D eigenvalue weighted by Gasteiger charge is 2.21. The predicted molar refractivity (Wildman–Crippen MR) is 107 cm³/mol. The van der Waals surface area contributed by atoms with Crippen LogP contribution < -0.4 is 10.6 Å². The van der Waals surface area contributed by atoms with Crippen molar-refractivity contribution in [1.82, 2.24) is 10.6 Å². The van der Waals surface area contributed by atoms with Gasteiger partial charge in [-0.2, -0.15) is 0 Å². The third kappa shape index (κ3) is 7.72. The summed E-state index contributed by atoms with van der Waals surface area (Å²) in [5.74, 6) is 0.00786. The Morgan fingerprint density at radius 2 is 1.61 bits per heavy atom. The Morgan fingerprint density at radius 3 is 2.21 bits per heavy atom. The van der Waals surface area contributed by atoms with Crippen molar-refractivity contribution in [3.63, 3.8) is 0 Å². The maximum Gasteiger partial charge on any atom is 0.293 e. The van der Waals surface area contributed by atoms with E-state index in [0.29, 0.717) is 18.6 Å². The zero-order valence-electron chi connectivity index (χ0n) is 15.8. The van der Waals surface area contributed by atoms with Gasteiger partial charge in [-0.15, -0.1) is 0 Å². The lowest BCUT2D eigenvalue weighted by atomic mass is 9.97. The van der Waals surface area contributed by atoms with Crippen molar-refractivity contribution in [3.8, 4) is 0 Å². The van der Waals surface area contributed by atoms with Crippen LogP contribution in [0.1, 0.15) is 28.8 Å². The second-order valence-corrected chi connectivity index (χ2v) is 6.42. The zero-order valence-corrected chi connectivity index (χ0v) is 15.8. The lowest BCUT2D eigenvalue weighted by Crippen LogP contribution is -2.40. The first-order valence-electron chi connectivity index (χ1n) is 9.36. The SMILES string of the molecule is O=C(CNC(=O)C1CCNCC1)c1ccccc1.O=COCc1ccccc1. The van der Waals surface area contributed by atoms with Crippen molar-refractivity contribution >= 4 is 18.2 Å². The molecule has 1 heterocycles.